The summed E-state index contributed by atoms with van der Waals surface area (Å²) in [6.07, 6.45) is 9.08. The summed E-state index contributed by atoms with van der Waals surface area (Å²) in [5.74, 6) is 0.382. The fraction of sp³-hybridized carbons (Fsp3) is 0.292. The molecule has 1 aromatic carbocycles. The van der Waals surface area contributed by atoms with Crippen molar-refractivity contribution in [3.63, 3.8) is 0 Å². The molecule has 0 saturated heterocycles. The number of nitriles is 1. The molecule has 2 aliphatic rings. The molecule has 2 saturated carbocycles. The van der Waals surface area contributed by atoms with Crippen molar-refractivity contribution in [2.45, 2.75) is 37.8 Å². The van der Waals surface area contributed by atoms with E-state index in [4.69, 9.17) is 10.5 Å². The Bertz CT molecular complexity index is 1190. The lowest BCUT2D eigenvalue weighted by molar-refractivity contribution is -0.0760. The third kappa shape index (κ3) is 3.73. The molecule has 8 nitrogen and oxygen atoms in total. The maximum Gasteiger partial charge on any atom is 0.254 e. The van der Waals surface area contributed by atoms with E-state index in [0.717, 1.165) is 36.8 Å². The van der Waals surface area contributed by atoms with Crippen LogP contribution in [0.2, 0.25) is 0 Å². The van der Waals surface area contributed by atoms with E-state index in [-0.39, 0.29) is 11.5 Å². The summed E-state index contributed by atoms with van der Waals surface area (Å²) in [7, 11) is 0. The van der Waals surface area contributed by atoms with Crippen molar-refractivity contribution in [1.29, 1.82) is 5.26 Å². The lowest BCUT2D eigenvalue weighted by Gasteiger charge is -2.57. The Hall–Kier alpha value is -3.99. The first-order valence-corrected chi connectivity index (χ1v) is 10.5. The molecule has 1 spiro atoms. The number of aromatic nitrogens is 3. The molecule has 32 heavy (non-hydrogen) atoms. The van der Waals surface area contributed by atoms with Gasteiger partial charge in [-0.1, -0.05) is 18.2 Å². The molecule has 2 heterocycles. The van der Waals surface area contributed by atoms with Crippen LogP contribution in [0.5, 0.6) is 5.88 Å². The van der Waals surface area contributed by atoms with Crippen molar-refractivity contribution >= 4 is 11.9 Å². The van der Waals surface area contributed by atoms with Crippen LogP contribution >= 0.6 is 0 Å². The topological polar surface area (TPSA) is 127 Å². The van der Waals surface area contributed by atoms with Crippen molar-refractivity contribution in [2.75, 3.05) is 5.32 Å². The molecule has 0 unspecified atom stereocenters. The van der Waals surface area contributed by atoms with Gasteiger partial charge in [0.15, 0.2) is 0 Å². The van der Waals surface area contributed by atoms with Crippen LogP contribution in [0.25, 0.3) is 11.1 Å². The fourth-order valence-electron chi connectivity index (χ4n) is 4.80. The van der Waals surface area contributed by atoms with Crippen LogP contribution in [0.15, 0.2) is 55.0 Å². The van der Waals surface area contributed by atoms with E-state index in [0.29, 0.717) is 29.0 Å². The molecule has 3 aromatic rings. The highest BCUT2D eigenvalue weighted by Gasteiger charge is 2.54. The van der Waals surface area contributed by atoms with Crippen molar-refractivity contribution < 1.29 is 9.53 Å². The number of anilines is 1. The number of primary amides is 1. The average molecular weight is 426 g/mol. The molecule has 8 heteroatoms. The van der Waals surface area contributed by atoms with E-state index in [1.165, 1.54) is 0 Å². The van der Waals surface area contributed by atoms with Gasteiger partial charge in [-0.05, 0) is 49.3 Å². The SMILES string of the molecule is N#Cc1ccccc1-c1cnc(NC2CC3(C2)CC(Oc2ncccc2C(N)=O)C3)nc1. The highest BCUT2D eigenvalue weighted by atomic mass is 16.5. The summed E-state index contributed by atoms with van der Waals surface area (Å²) in [4.78, 5) is 24.5. The van der Waals surface area contributed by atoms with Crippen LogP contribution in [-0.2, 0) is 0 Å². The second-order valence-electron chi connectivity index (χ2n) is 8.57. The first-order chi connectivity index (χ1) is 15.5. The summed E-state index contributed by atoms with van der Waals surface area (Å²) >= 11 is 0. The number of pyridine rings is 1. The number of rotatable bonds is 6. The monoisotopic (exact) mass is 426 g/mol. The van der Waals surface area contributed by atoms with Crippen LogP contribution in [0.4, 0.5) is 5.95 Å². The third-order valence-electron chi connectivity index (χ3n) is 6.34. The Kier molecular flexibility index (Phi) is 4.94. The van der Waals surface area contributed by atoms with Gasteiger partial charge in [-0.25, -0.2) is 15.0 Å². The minimum atomic E-state index is -0.530. The van der Waals surface area contributed by atoms with E-state index < -0.39 is 5.91 Å². The fourth-order valence-corrected chi connectivity index (χ4v) is 4.80. The lowest BCUT2D eigenvalue weighted by atomic mass is 9.53. The van der Waals surface area contributed by atoms with Crippen LogP contribution in [0.3, 0.4) is 0 Å². The number of nitrogens with two attached hydrogens (primary N) is 1. The Labute approximate surface area is 185 Å². The molecule has 160 valence electrons. The number of carbonyl (C=O) groups excluding carboxylic acids is 1. The summed E-state index contributed by atoms with van der Waals surface area (Å²) in [5, 5.41) is 12.7. The van der Waals surface area contributed by atoms with Gasteiger partial charge >= 0.3 is 0 Å². The Morgan fingerprint density at radius 2 is 1.84 bits per heavy atom. The molecular weight excluding hydrogens is 404 g/mol. The van der Waals surface area contributed by atoms with Crippen LogP contribution in [0, 0.1) is 16.7 Å². The second kappa shape index (κ2) is 7.93. The number of nitrogens with zero attached hydrogens (tertiary/aromatic N) is 4. The molecule has 0 atom stereocenters. The number of ether oxygens (including phenoxy) is 1. The minimum absolute atomic E-state index is 0.0553. The molecule has 2 aliphatic carbocycles. The third-order valence-corrected chi connectivity index (χ3v) is 6.34. The van der Waals surface area contributed by atoms with E-state index in [1.807, 2.05) is 18.2 Å². The second-order valence-corrected chi connectivity index (χ2v) is 8.57. The summed E-state index contributed by atoms with van der Waals surface area (Å²) in [6.45, 7) is 0. The molecule has 2 fully saturated rings. The van der Waals surface area contributed by atoms with Gasteiger partial charge in [0.05, 0.1) is 11.6 Å². The molecule has 0 radical (unpaired) electrons. The predicted octanol–water partition coefficient (Wildman–Crippen LogP) is 3.31. The van der Waals surface area contributed by atoms with Crippen LogP contribution in [-0.4, -0.2) is 33.0 Å². The minimum Gasteiger partial charge on any atom is -0.474 e. The quantitative estimate of drug-likeness (QED) is 0.619. The van der Waals surface area contributed by atoms with E-state index in [9.17, 15) is 10.1 Å². The van der Waals surface area contributed by atoms with Crippen LogP contribution in [0.1, 0.15) is 41.6 Å². The average Bonchev–Trinajstić information content (AvgIpc) is 2.77. The predicted molar refractivity (Wildman–Crippen MR) is 118 cm³/mol. The van der Waals surface area contributed by atoms with Crippen molar-refractivity contribution in [3.8, 4) is 23.1 Å². The first kappa shape index (κ1) is 19.9. The van der Waals surface area contributed by atoms with Gasteiger partial charge in [0, 0.05) is 35.8 Å². The van der Waals surface area contributed by atoms with Gasteiger partial charge < -0.3 is 15.8 Å². The number of nitrogens with one attached hydrogen (secondary N) is 1. The summed E-state index contributed by atoms with van der Waals surface area (Å²) < 4.78 is 5.92. The molecule has 3 N–H and O–H groups in total. The Morgan fingerprint density at radius 3 is 2.56 bits per heavy atom. The smallest absolute Gasteiger partial charge is 0.254 e. The first-order valence-electron chi connectivity index (χ1n) is 10.5. The summed E-state index contributed by atoms with van der Waals surface area (Å²) in [5.41, 5.74) is 8.24. The molecule has 0 aliphatic heterocycles. The van der Waals surface area contributed by atoms with Crippen molar-refractivity contribution in [3.05, 3.63) is 66.1 Å². The van der Waals surface area contributed by atoms with Crippen molar-refractivity contribution in [1.82, 2.24) is 15.0 Å². The summed E-state index contributed by atoms with van der Waals surface area (Å²) in [6, 6.07) is 13.2. The number of benzene rings is 1. The number of carbonyl (C=O) groups is 1. The van der Waals surface area contributed by atoms with E-state index in [1.54, 1.807) is 36.8 Å². The zero-order valence-electron chi connectivity index (χ0n) is 17.4. The van der Waals surface area contributed by atoms with Gasteiger partial charge in [0.1, 0.15) is 11.7 Å². The van der Waals surface area contributed by atoms with E-state index in [2.05, 4.69) is 26.3 Å². The largest absolute Gasteiger partial charge is 0.474 e. The maximum atomic E-state index is 11.5. The standard InChI is InChI=1S/C24H22N6O2/c25-12-15-4-1-2-5-19(15)16-13-28-23(29-14-16)30-17-8-24(9-17)10-18(11-24)32-22-20(21(26)31)6-3-7-27-22/h1-7,13-14,17-18H,8-11H2,(H2,26,31)(H,28,29,30). The molecular formula is C24H22N6O2. The zero-order valence-corrected chi connectivity index (χ0v) is 17.4. The maximum absolute atomic E-state index is 11.5. The highest BCUT2D eigenvalue weighted by molar-refractivity contribution is 5.94. The number of hydrogen-bond donors (Lipinski definition) is 2. The van der Waals surface area contributed by atoms with Crippen LogP contribution < -0.4 is 15.8 Å². The lowest BCUT2D eigenvalue weighted by Crippen LogP contribution is -2.56. The van der Waals surface area contributed by atoms with Gasteiger partial charge in [0.2, 0.25) is 11.8 Å². The van der Waals surface area contributed by atoms with Gasteiger partial charge in [-0.15, -0.1) is 0 Å². The molecule has 0 bridgehead atoms. The highest BCUT2D eigenvalue weighted by Crippen LogP contribution is 2.57. The Balaban J connectivity index is 1.13. The van der Waals surface area contributed by atoms with Crippen molar-refractivity contribution in [2.24, 2.45) is 11.1 Å². The number of hydrogen-bond acceptors (Lipinski definition) is 7. The van der Waals surface area contributed by atoms with Gasteiger partial charge in [0.25, 0.3) is 5.91 Å². The molecule has 1 amide bonds. The number of amides is 1. The normalized spacial score (nSPS) is 23.5. The molecule has 5 rings (SSSR count). The van der Waals surface area contributed by atoms with Gasteiger partial charge in [-0.2, -0.15) is 5.26 Å². The van der Waals surface area contributed by atoms with E-state index >= 15 is 0 Å². The zero-order chi connectivity index (χ0) is 22.1. The molecule has 2 aromatic heterocycles. The Morgan fingerprint density at radius 1 is 1.09 bits per heavy atom. The van der Waals surface area contributed by atoms with Gasteiger partial charge in [-0.3, -0.25) is 4.79 Å².